The Morgan fingerprint density at radius 3 is 2.79 bits per heavy atom. The molecule has 0 bridgehead atoms. The molecule has 1 amide bonds. The Morgan fingerprint density at radius 1 is 1.27 bits per heavy atom. The van der Waals surface area contributed by atoms with Crippen molar-refractivity contribution in [2.45, 2.75) is 44.7 Å². The topological polar surface area (TPSA) is 126 Å². The van der Waals surface area contributed by atoms with Gasteiger partial charge in [-0.2, -0.15) is 4.98 Å². The lowest BCUT2D eigenvalue weighted by Gasteiger charge is -2.44. The van der Waals surface area contributed by atoms with Crippen LogP contribution in [-0.4, -0.2) is 50.0 Å². The van der Waals surface area contributed by atoms with Crippen LogP contribution in [0.4, 0.5) is 11.6 Å². The number of benzene rings is 1. The van der Waals surface area contributed by atoms with E-state index in [1.54, 1.807) is 17.0 Å². The summed E-state index contributed by atoms with van der Waals surface area (Å²) in [6.45, 7) is 1.96. The summed E-state index contributed by atoms with van der Waals surface area (Å²) in [5.41, 5.74) is 8.64. The summed E-state index contributed by atoms with van der Waals surface area (Å²) < 4.78 is 1.79. The number of hydrogen-bond donors (Lipinski definition) is 3. The molecule has 3 heterocycles. The fraction of sp³-hybridized carbons (Fsp3) is 0.417. The van der Waals surface area contributed by atoms with E-state index < -0.39 is 23.3 Å². The fourth-order valence-electron chi connectivity index (χ4n) is 5.15. The van der Waals surface area contributed by atoms with E-state index in [9.17, 15) is 14.7 Å². The van der Waals surface area contributed by atoms with Gasteiger partial charge in [0.05, 0.1) is 11.5 Å². The second-order valence-corrected chi connectivity index (χ2v) is 9.29. The molecule has 9 heteroatoms. The van der Waals surface area contributed by atoms with Gasteiger partial charge in [-0.3, -0.25) is 9.59 Å². The van der Waals surface area contributed by atoms with Gasteiger partial charge in [0.1, 0.15) is 5.65 Å². The van der Waals surface area contributed by atoms with Gasteiger partial charge in [-0.15, -0.1) is 0 Å². The highest BCUT2D eigenvalue weighted by Gasteiger charge is 2.52. The zero-order chi connectivity index (χ0) is 23.2. The number of aliphatic carboxylic acids is 1. The highest BCUT2D eigenvalue weighted by Crippen LogP contribution is 2.51. The predicted octanol–water partition coefficient (Wildman–Crippen LogP) is 2.83. The molecule has 1 aliphatic heterocycles. The van der Waals surface area contributed by atoms with Crippen LogP contribution in [-0.2, 0) is 22.6 Å². The van der Waals surface area contributed by atoms with Crippen molar-refractivity contribution in [1.29, 1.82) is 0 Å². The molecule has 1 aliphatic carbocycles. The minimum absolute atomic E-state index is 0.0544. The Kier molecular flexibility index (Phi) is 5.28. The summed E-state index contributed by atoms with van der Waals surface area (Å²) >= 11 is 0. The highest BCUT2D eigenvalue weighted by atomic mass is 16.4. The van der Waals surface area contributed by atoms with Crippen molar-refractivity contribution in [3.05, 3.63) is 47.8 Å². The Bertz CT molecular complexity index is 1230. The van der Waals surface area contributed by atoms with Crippen molar-refractivity contribution < 1.29 is 14.7 Å². The van der Waals surface area contributed by atoms with E-state index in [-0.39, 0.29) is 6.42 Å². The predicted molar refractivity (Wildman–Crippen MR) is 124 cm³/mol. The molecule has 9 nitrogen and oxygen atoms in total. The number of nitrogens with one attached hydrogen (secondary N) is 1. The lowest BCUT2D eigenvalue weighted by Crippen LogP contribution is -2.46. The van der Waals surface area contributed by atoms with E-state index in [1.807, 2.05) is 12.1 Å². The second-order valence-electron chi connectivity index (χ2n) is 9.29. The maximum Gasteiger partial charge on any atom is 0.311 e. The van der Waals surface area contributed by atoms with E-state index in [0.29, 0.717) is 24.4 Å². The highest BCUT2D eigenvalue weighted by molar-refractivity contribution is 5.82. The molecule has 0 spiro atoms. The SMILES string of the molecule is CN1CCc2ccc(Nc3ncc4ccn(C(CC(N)=O)C5(C(=O)O)CCC5)c4n3)cc2C1. The third-order valence-electron chi connectivity index (χ3n) is 7.16. The molecule has 0 saturated heterocycles. The van der Waals surface area contributed by atoms with Crippen molar-refractivity contribution in [2.24, 2.45) is 11.1 Å². The molecular formula is C24H28N6O3. The molecule has 1 atom stereocenters. The molecule has 1 aromatic carbocycles. The first-order valence-electron chi connectivity index (χ1n) is 11.3. The third-order valence-corrected chi connectivity index (χ3v) is 7.16. The summed E-state index contributed by atoms with van der Waals surface area (Å²) in [5, 5.41) is 14.1. The average Bonchev–Trinajstić information content (AvgIpc) is 3.14. The van der Waals surface area contributed by atoms with E-state index in [1.165, 1.54) is 11.1 Å². The number of carbonyl (C=O) groups excluding carboxylic acids is 1. The number of hydrogen-bond acceptors (Lipinski definition) is 6. The molecule has 1 saturated carbocycles. The Hall–Kier alpha value is -3.46. The minimum Gasteiger partial charge on any atom is -0.481 e. The number of rotatable bonds is 7. The van der Waals surface area contributed by atoms with Gasteiger partial charge in [-0.25, -0.2) is 4.98 Å². The lowest BCUT2D eigenvalue weighted by atomic mass is 9.63. The van der Waals surface area contributed by atoms with Crippen LogP contribution in [0.25, 0.3) is 11.0 Å². The molecule has 0 radical (unpaired) electrons. The van der Waals surface area contributed by atoms with Crippen molar-refractivity contribution in [3.63, 3.8) is 0 Å². The smallest absolute Gasteiger partial charge is 0.311 e. The molecule has 5 rings (SSSR count). The van der Waals surface area contributed by atoms with Gasteiger partial charge in [0.25, 0.3) is 0 Å². The van der Waals surface area contributed by atoms with Crippen molar-refractivity contribution in [3.8, 4) is 0 Å². The van der Waals surface area contributed by atoms with Gasteiger partial charge >= 0.3 is 5.97 Å². The van der Waals surface area contributed by atoms with E-state index in [0.717, 1.165) is 37.0 Å². The number of carboxylic acid groups (broad SMARTS) is 1. The monoisotopic (exact) mass is 448 g/mol. The molecule has 1 unspecified atom stereocenters. The maximum absolute atomic E-state index is 12.2. The minimum atomic E-state index is -1.01. The Labute approximate surface area is 191 Å². The summed E-state index contributed by atoms with van der Waals surface area (Å²) in [5.74, 6) is -1.00. The van der Waals surface area contributed by atoms with Gasteiger partial charge in [0.15, 0.2) is 0 Å². The van der Waals surface area contributed by atoms with E-state index in [2.05, 4.69) is 34.4 Å². The maximum atomic E-state index is 12.2. The van der Waals surface area contributed by atoms with E-state index >= 15 is 0 Å². The number of amides is 1. The number of nitrogens with zero attached hydrogens (tertiary/aromatic N) is 4. The average molecular weight is 449 g/mol. The van der Waals surface area contributed by atoms with Gasteiger partial charge in [0, 0.05) is 43.0 Å². The van der Waals surface area contributed by atoms with Crippen LogP contribution >= 0.6 is 0 Å². The molecule has 3 aromatic rings. The van der Waals surface area contributed by atoms with Gasteiger partial charge in [0.2, 0.25) is 11.9 Å². The van der Waals surface area contributed by atoms with Crippen LogP contribution in [0.1, 0.15) is 42.9 Å². The number of likely N-dealkylation sites (N-methyl/N-ethyl adjacent to an activating group) is 1. The van der Waals surface area contributed by atoms with Crippen molar-refractivity contribution >= 4 is 34.5 Å². The van der Waals surface area contributed by atoms with Gasteiger partial charge in [-0.1, -0.05) is 12.5 Å². The first kappa shape index (κ1) is 21.4. The standard InChI is InChI=1S/C24H28N6O3/c1-29-9-5-15-3-4-18(11-17(15)14-29)27-23-26-13-16-6-10-30(21(16)28-23)19(12-20(25)31)24(22(32)33)7-2-8-24/h3-4,6,10-11,13,19H,2,5,7-9,12,14H2,1H3,(H2,25,31)(H,32,33)(H,26,27,28). The molecule has 1 fully saturated rings. The van der Waals surface area contributed by atoms with Crippen LogP contribution in [0.15, 0.2) is 36.7 Å². The zero-order valence-corrected chi connectivity index (χ0v) is 18.6. The largest absolute Gasteiger partial charge is 0.481 e. The summed E-state index contributed by atoms with van der Waals surface area (Å²) in [6, 6.07) is 7.54. The number of aromatic nitrogens is 3. The molecule has 33 heavy (non-hydrogen) atoms. The number of carbonyl (C=O) groups is 2. The first-order valence-corrected chi connectivity index (χ1v) is 11.3. The molecule has 2 aliphatic rings. The quantitative estimate of drug-likeness (QED) is 0.507. The molecular weight excluding hydrogens is 420 g/mol. The van der Waals surface area contributed by atoms with Gasteiger partial charge in [-0.05, 0) is 55.6 Å². The Morgan fingerprint density at radius 2 is 2.09 bits per heavy atom. The fourth-order valence-corrected chi connectivity index (χ4v) is 5.15. The third kappa shape index (κ3) is 3.82. The number of fused-ring (bicyclic) bond motifs is 2. The Balaban J connectivity index is 1.49. The first-order chi connectivity index (χ1) is 15.9. The van der Waals surface area contributed by atoms with Crippen LogP contribution in [0.5, 0.6) is 0 Å². The van der Waals surface area contributed by atoms with Crippen LogP contribution in [0.3, 0.4) is 0 Å². The zero-order valence-electron chi connectivity index (χ0n) is 18.6. The normalized spacial score (nSPS) is 18.3. The summed E-state index contributed by atoms with van der Waals surface area (Å²) in [6.07, 6.45) is 6.32. The molecule has 4 N–H and O–H groups in total. The summed E-state index contributed by atoms with van der Waals surface area (Å²) in [4.78, 5) is 35.5. The number of anilines is 2. The molecule has 2 aromatic heterocycles. The number of primary amides is 1. The lowest BCUT2D eigenvalue weighted by molar-refractivity contribution is -0.159. The number of carboxylic acids is 1. The van der Waals surface area contributed by atoms with Crippen LogP contribution in [0, 0.1) is 5.41 Å². The van der Waals surface area contributed by atoms with Crippen molar-refractivity contribution in [2.75, 3.05) is 18.9 Å². The molecule has 172 valence electrons. The summed E-state index contributed by atoms with van der Waals surface area (Å²) in [7, 11) is 2.11. The van der Waals surface area contributed by atoms with Crippen LogP contribution in [0.2, 0.25) is 0 Å². The number of nitrogens with two attached hydrogens (primary N) is 1. The van der Waals surface area contributed by atoms with E-state index in [4.69, 9.17) is 10.7 Å². The van der Waals surface area contributed by atoms with Gasteiger partial charge < -0.3 is 25.6 Å². The second kappa shape index (κ2) is 8.15. The van der Waals surface area contributed by atoms with Crippen LogP contribution < -0.4 is 11.1 Å². The van der Waals surface area contributed by atoms with Crippen molar-refractivity contribution in [1.82, 2.24) is 19.4 Å².